The van der Waals surface area contributed by atoms with E-state index >= 15 is 0 Å². The number of fused-ring (bicyclic) bond motifs is 1. The van der Waals surface area contributed by atoms with E-state index < -0.39 is 11.9 Å². The van der Waals surface area contributed by atoms with Crippen LogP contribution < -0.4 is 10.5 Å². The summed E-state index contributed by atoms with van der Waals surface area (Å²) in [5, 5.41) is 14.5. The Kier molecular flexibility index (Phi) is 6.35. The van der Waals surface area contributed by atoms with Crippen molar-refractivity contribution in [2.24, 2.45) is 0 Å². The van der Waals surface area contributed by atoms with Crippen LogP contribution >= 0.6 is 0 Å². The molecule has 1 N–H and O–H groups in total. The van der Waals surface area contributed by atoms with Gasteiger partial charge in [0.2, 0.25) is 11.7 Å². The molecule has 1 saturated heterocycles. The van der Waals surface area contributed by atoms with Gasteiger partial charge in [0.05, 0.1) is 49.0 Å². The van der Waals surface area contributed by atoms with E-state index in [2.05, 4.69) is 25.0 Å². The maximum absolute atomic E-state index is 12.7. The first-order chi connectivity index (χ1) is 15.7. The monoisotopic (exact) mass is 469 g/mol. The minimum atomic E-state index is -4.58. The summed E-state index contributed by atoms with van der Waals surface area (Å²) < 4.78 is 49.5. The second-order valence-electron chi connectivity index (χ2n) is 7.55. The number of hydrogen-bond donors (Lipinski definition) is 1. The van der Waals surface area contributed by atoms with Gasteiger partial charge in [0.1, 0.15) is 0 Å². The van der Waals surface area contributed by atoms with Crippen LogP contribution in [0.3, 0.4) is 0 Å². The molecule has 33 heavy (non-hydrogen) atoms. The summed E-state index contributed by atoms with van der Waals surface area (Å²) in [7, 11) is 0. The molecule has 0 unspecified atom stereocenters. The number of rotatable bonds is 7. The van der Waals surface area contributed by atoms with Gasteiger partial charge in [0.15, 0.2) is 5.82 Å². The molecule has 1 aliphatic heterocycles. The van der Waals surface area contributed by atoms with Gasteiger partial charge < -0.3 is 19.1 Å². The number of aromatic amines is 1. The lowest BCUT2D eigenvalue weighted by molar-refractivity contribution is -0.155. The van der Waals surface area contributed by atoms with Gasteiger partial charge in [-0.3, -0.25) is 14.3 Å². The third-order valence-electron chi connectivity index (χ3n) is 5.39. The minimum Gasteiger partial charge on any atom is -0.379 e. The Labute approximate surface area is 185 Å². The first-order valence-electron chi connectivity index (χ1n) is 10.3. The zero-order valence-corrected chi connectivity index (χ0v) is 17.8. The number of halogens is 3. The Balaban J connectivity index is 1.19. The second-order valence-corrected chi connectivity index (χ2v) is 7.55. The number of carbonyl (C=O) groups excluding carboxylic acids is 1. The van der Waals surface area contributed by atoms with Gasteiger partial charge in [-0.15, -0.1) is 0 Å². The summed E-state index contributed by atoms with van der Waals surface area (Å²) in [6, 6.07) is 0.863. The van der Waals surface area contributed by atoms with Crippen LogP contribution in [0.2, 0.25) is 0 Å². The molecule has 1 fully saturated rings. The Morgan fingerprint density at radius 1 is 1.24 bits per heavy atom. The summed E-state index contributed by atoms with van der Waals surface area (Å²) in [5.41, 5.74) is 0.915. The number of aromatic nitrogens is 5. The van der Waals surface area contributed by atoms with Gasteiger partial charge in [0, 0.05) is 32.2 Å². The van der Waals surface area contributed by atoms with E-state index in [9.17, 15) is 22.8 Å². The van der Waals surface area contributed by atoms with Crippen molar-refractivity contribution in [1.29, 1.82) is 0 Å². The largest absolute Gasteiger partial charge is 0.452 e. The van der Waals surface area contributed by atoms with Crippen LogP contribution in [0.5, 0.6) is 0 Å². The van der Waals surface area contributed by atoms with Crippen LogP contribution in [0.25, 0.3) is 10.9 Å². The molecule has 1 aliphatic rings. The Hall–Kier alpha value is -3.42. The topological polar surface area (TPSA) is 122 Å². The van der Waals surface area contributed by atoms with Gasteiger partial charge >= 0.3 is 6.18 Å². The molecule has 0 bridgehead atoms. The number of amides is 1. The number of carbonyl (C=O) groups is 1. The van der Waals surface area contributed by atoms with E-state index in [0.717, 1.165) is 6.07 Å². The van der Waals surface area contributed by atoms with Crippen molar-refractivity contribution in [3.05, 3.63) is 34.1 Å². The van der Waals surface area contributed by atoms with Gasteiger partial charge in [-0.1, -0.05) is 5.16 Å². The van der Waals surface area contributed by atoms with Crippen molar-refractivity contribution in [3.8, 4) is 0 Å². The minimum absolute atomic E-state index is 0.0955. The maximum Gasteiger partial charge on any atom is 0.452 e. The standard InChI is InChI=1S/C19H22F3N7O4/c1-12-17-13(11-23-24-18(17)31)29(25-12)7-9-32-8-2-16(30)28-5-3-27(4-6-28)15-10-14(33-26-15)19(20,21)22/h10-11H,2-9H2,1H3,(H,24,31). The summed E-state index contributed by atoms with van der Waals surface area (Å²) in [4.78, 5) is 27.6. The number of aryl methyl sites for hydroxylation is 1. The molecule has 0 atom stereocenters. The Morgan fingerprint density at radius 2 is 2.00 bits per heavy atom. The molecule has 0 aliphatic carbocycles. The number of hydrogen-bond acceptors (Lipinski definition) is 8. The van der Waals surface area contributed by atoms with Crippen molar-refractivity contribution < 1.29 is 27.2 Å². The SMILES string of the molecule is Cc1nn(CCOCCC(=O)N2CCN(c3cc(C(F)(F)F)on3)CC2)c2cn[nH]c(=O)c12. The fraction of sp³-hybridized carbons (Fsp3) is 0.526. The van der Waals surface area contributed by atoms with Crippen LogP contribution in [-0.4, -0.2) is 75.3 Å². The lowest BCUT2D eigenvalue weighted by Crippen LogP contribution is -2.49. The van der Waals surface area contributed by atoms with E-state index in [4.69, 9.17) is 4.74 Å². The molecule has 14 heteroatoms. The van der Waals surface area contributed by atoms with Crippen LogP contribution in [0.15, 0.2) is 21.6 Å². The van der Waals surface area contributed by atoms with Gasteiger partial charge in [-0.25, -0.2) is 5.10 Å². The van der Waals surface area contributed by atoms with Gasteiger partial charge in [-0.05, 0) is 6.92 Å². The van der Waals surface area contributed by atoms with Crippen molar-refractivity contribution in [2.75, 3.05) is 44.3 Å². The number of nitrogens with one attached hydrogen (secondary N) is 1. The molecule has 0 radical (unpaired) electrons. The zero-order chi connectivity index (χ0) is 23.6. The number of H-pyrrole nitrogens is 1. The number of alkyl halides is 3. The van der Waals surface area contributed by atoms with Crippen molar-refractivity contribution >= 4 is 22.6 Å². The summed E-state index contributed by atoms with van der Waals surface area (Å²) in [6.45, 7) is 4.11. The smallest absolute Gasteiger partial charge is 0.379 e. The summed E-state index contributed by atoms with van der Waals surface area (Å²) >= 11 is 0. The molecule has 0 saturated carbocycles. The second kappa shape index (κ2) is 9.21. The first-order valence-corrected chi connectivity index (χ1v) is 10.3. The van der Waals surface area contributed by atoms with Crippen LogP contribution in [0.1, 0.15) is 17.9 Å². The van der Waals surface area contributed by atoms with Gasteiger partial charge in [0.25, 0.3) is 5.56 Å². The molecule has 3 aromatic heterocycles. The number of nitrogens with zero attached hydrogens (tertiary/aromatic N) is 6. The highest BCUT2D eigenvalue weighted by Crippen LogP contribution is 2.31. The van der Waals surface area contributed by atoms with E-state index in [1.807, 2.05) is 0 Å². The Morgan fingerprint density at radius 3 is 2.70 bits per heavy atom. The normalized spacial score (nSPS) is 14.9. The van der Waals surface area contributed by atoms with Crippen LogP contribution in [0.4, 0.5) is 19.0 Å². The third kappa shape index (κ3) is 4.99. The quantitative estimate of drug-likeness (QED) is 0.512. The molecule has 3 aromatic rings. The lowest BCUT2D eigenvalue weighted by atomic mass is 10.2. The molecule has 4 rings (SSSR count). The van der Waals surface area contributed by atoms with E-state index in [-0.39, 0.29) is 30.3 Å². The fourth-order valence-electron chi connectivity index (χ4n) is 3.69. The first kappa shape index (κ1) is 22.8. The average Bonchev–Trinajstić information content (AvgIpc) is 3.40. The average molecular weight is 469 g/mol. The highest BCUT2D eigenvalue weighted by molar-refractivity contribution is 5.79. The highest BCUT2D eigenvalue weighted by atomic mass is 19.4. The summed E-state index contributed by atoms with van der Waals surface area (Å²) in [6.07, 6.45) is -2.87. The fourth-order valence-corrected chi connectivity index (χ4v) is 3.69. The van der Waals surface area contributed by atoms with Crippen molar-refractivity contribution in [1.82, 2.24) is 30.0 Å². The molecule has 0 aromatic carbocycles. The number of piperazine rings is 1. The molecule has 4 heterocycles. The number of anilines is 1. The van der Waals surface area contributed by atoms with E-state index in [0.29, 0.717) is 55.9 Å². The molecule has 0 spiro atoms. The van der Waals surface area contributed by atoms with Gasteiger partial charge in [-0.2, -0.15) is 23.4 Å². The highest BCUT2D eigenvalue weighted by Gasteiger charge is 2.37. The van der Waals surface area contributed by atoms with Crippen molar-refractivity contribution in [2.45, 2.75) is 26.1 Å². The lowest BCUT2D eigenvalue weighted by Gasteiger charge is -2.34. The molecular formula is C19H22F3N7O4. The zero-order valence-electron chi connectivity index (χ0n) is 17.8. The Bertz CT molecular complexity index is 1180. The molecule has 178 valence electrons. The van der Waals surface area contributed by atoms with E-state index in [1.54, 1.807) is 21.4 Å². The van der Waals surface area contributed by atoms with Crippen molar-refractivity contribution in [3.63, 3.8) is 0 Å². The predicted octanol–water partition coefficient (Wildman–Crippen LogP) is 1.19. The molecular weight excluding hydrogens is 447 g/mol. The van der Waals surface area contributed by atoms with Crippen LogP contribution in [0, 0.1) is 6.92 Å². The molecule has 11 nitrogen and oxygen atoms in total. The maximum atomic E-state index is 12.7. The molecule has 1 amide bonds. The van der Waals surface area contributed by atoms with E-state index in [1.165, 1.54) is 6.20 Å². The number of ether oxygens (including phenoxy) is 1. The third-order valence-corrected chi connectivity index (χ3v) is 5.39. The van der Waals surface area contributed by atoms with Crippen LogP contribution in [-0.2, 0) is 22.3 Å². The predicted molar refractivity (Wildman–Crippen MR) is 109 cm³/mol. The summed E-state index contributed by atoms with van der Waals surface area (Å²) in [5.74, 6) is -1.13.